The maximum atomic E-state index is 12.3. The molecule has 0 aromatic heterocycles. The predicted molar refractivity (Wildman–Crippen MR) is 143 cm³/mol. The first-order valence-electron chi connectivity index (χ1n) is 9.01. The number of amides is 1. The summed E-state index contributed by atoms with van der Waals surface area (Å²) >= 11 is 21.3. The highest BCUT2D eigenvalue weighted by Crippen LogP contribution is 2.35. The lowest BCUT2D eigenvalue weighted by atomic mass is 10.2. The number of ether oxygens (including phenoxy) is 2. The van der Waals surface area contributed by atoms with Crippen LogP contribution < -0.4 is 14.9 Å². The maximum Gasteiger partial charge on any atom is 0.271 e. The average Bonchev–Trinajstić information content (AvgIpc) is 2.74. The van der Waals surface area contributed by atoms with E-state index in [4.69, 9.17) is 32.7 Å². The number of carbonyl (C=O) groups excluding carboxylic acids is 1. The number of hydrogen-bond donors (Lipinski definition) is 1. The number of carbonyl (C=O) groups is 1. The summed E-state index contributed by atoms with van der Waals surface area (Å²) in [4.78, 5) is 12.3. The third-order valence-corrected chi connectivity index (χ3v) is 6.86. The molecule has 0 atom stereocenters. The quantitative estimate of drug-likeness (QED) is 0.157. The lowest BCUT2D eigenvalue weighted by Crippen LogP contribution is -2.17. The second-order valence-electron chi connectivity index (χ2n) is 6.39. The molecule has 0 heterocycles. The number of rotatable bonds is 7. The van der Waals surface area contributed by atoms with Gasteiger partial charge in [0.05, 0.1) is 25.8 Å². The first-order chi connectivity index (χ1) is 15.3. The number of methoxy groups -OCH3 is 1. The van der Waals surface area contributed by atoms with E-state index in [1.807, 2.05) is 24.3 Å². The number of nitrogens with one attached hydrogen (secondary N) is 1. The van der Waals surface area contributed by atoms with Crippen LogP contribution in [0.4, 0.5) is 0 Å². The van der Waals surface area contributed by atoms with Crippen LogP contribution in [0.3, 0.4) is 0 Å². The van der Waals surface area contributed by atoms with Gasteiger partial charge in [-0.1, -0.05) is 29.3 Å². The van der Waals surface area contributed by atoms with Gasteiger partial charge in [0, 0.05) is 21.2 Å². The van der Waals surface area contributed by atoms with Crippen LogP contribution in [-0.2, 0) is 6.61 Å². The zero-order valence-electron chi connectivity index (χ0n) is 16.5. The summed E-state index contributed by atoms with van der Waals surface area (Å²) in [6.07, 6.45) is 1.54. The fraction of sp³-hybridized carbons (Fsp3) is 0.0909. The molecule has 166 valence electrons. The van der Waals surface area contributed by atoms with Gasteiger partial charge in [-0.3, -0.25) is 4.79 Å². The van der Waals surface area contributed by atoms with Crippen molar-refractivity contribution in [1.29, 1.82) is 0 Å². The molecule has 0 fully saturated rings. The second kappa shape index (κ2) is 11.7. The van der Waals surface area contributed by atoms with E-state index in [0.717, 1.165) is 14.7 Å². The van der Waals surface area contributed by atoms with E-state index in [9.17, 15) is 4.79 Å². The van der Waals surface area contributed by atoms with Gasteiger partial charge in [0.15, 0.2) is 0 Å². The monoisotopic (exact) mass is 710 g/mol. The molecule has 0 saturated heterocycles. The first-order valence-corrected chi connectivity index (χ1v) is 12.4. The molecular weight excluding hydrogens is 698 g/mol. The van der Waals surface area contributed by atoms with Crippen molar-refractivity contribution in [2.75, 3.05) is 7.11 Å². The van der Waals surface area contributed by atoms with Gasteiger partial charge in [0.2, 0.25) is 0 Å². The van der Waals surface area contributed by atoms with Gasteiger partial charge >= 0.3 is 0 Å². The molecule has 3 aromatic rings. The summed E-state index contributed by atoms with van der Waals surface area (Å²) in [6, 6.07) is 14.1. The van der Waals surface area contributed by atoms with Crippen LogP contribution in [0.2, 0.25) is 10.0 Å². The Morgan fingerprint density at radius 2 is 1.84 bits per heavy atom. The van der Waals surface area contributed by atoms with E-state index in [0.29, 0.717) is 36.1 Å². The lowest BCUT2D eigenvalue weighted by Gasteiger charge is -2.12. The van der Waals surface area contributed by atoms with Gasteiger partial charge in [-0.25, -0.2) is 5.43 Å². The minimum atomic E-state index is -0.339. The maximum absolute atomic E-state index is 12.3. The first kappa shape index (κ1) is 25.3. The van der Waals surface area contributed by atoms with Crippen LogP contribution in [0, 0.1) is 3.57 Å². The van der Waals surface area contributed by atoms with Crippen molar-refractivity contribution in [3.05, 3.63) is 87.8 Å². The Morgan fingerprint density at radius 1 is 1.12 bits per heavy atom. The van der Waals surface area contributed by atoms with E-state index < -0.39 is 0 Å². The highest BCUT2D eigenvalue weighted by atomic mass is 127. The van der Waals surface area contributed by atoms with Crippen LogP contribution in [-0.4, -0.2) is 19.2 Å². The summed E-state index contributed by atoms with van der Waals surface area (Å²) in [6.45, 7) is 0.274. The number of hydrazone groups is 1. The van der Waals surface area contributed by atoms with Crippen molar-refractivity contribution in [3.63, 3.8) is 0 Å². The molecule has 3 aromatic carbocycles. The number of halogens is 5. The van der Waals surface area contributed by atoms with Crippen LogP contribution >= 0.6 is 77.7 Å². The molecule has 5 nitrogen and oxygen atoms in total. The molecule has 1 amide bonds. The van der Waals surface area contributed by atoms with Gasteiger partial charge in [0.25, 0.3) is 5.91 Å². The minimum Gasteiger partial charge on any atom is -0.496 e. The third-order valence-electron chi connectivity index (χ3n) is 4.20. The molecule has 3 rings (SSSR count). The van der Waals surface area contributed by atoms with Gasteiger partial charge in [-0.2, -0.15) is 5.10 Å². The van der Waals surface area contributed by atoms with E-state index in [-0.39, 0.29) is 12.5 Å². The van der Waals surface area contributed by atoms with Crippen LogP contribution in [0.5, 0.6) is 11.5 Å². The predicted octanol–water partition coefficient (Wildman–Crippen LogP) is 7.47. The Balaban J connectivity index is 1.66. The van der Waals surface area contributed by atoms with Crippen molar-refractivity contribution in [3.8, 4) is 11.5 Å². The lowest BCUT2D eigenvalue weighted by molar-refractivity contribution is 0.0954. The molecule has 0 aliphatic rings. The Bertz CT molecular complexity index is 1170. The van der Waals surface area contributed by atoms with E-state index >= 15 is 0 Å². The molecule has 10 heteroatoms. The summed E-state index contributed by atoms with van der Waals surface area (Å²) in [5.74, 6) is 0.905. The van der Waals surface area contributed by atoms with Crippen molar-refractivity contribution < 1.29 is 14.3 Å². The number of hydrogen-bond acceptors (Lipinski definition) is 4. The molecule has 32 heavy (non-hydrogen) atoms. The van der Waals surface area contributed by atoms with Crippen molar-refractivity contribution in [2.45, 2.75) is 6.61 Å². The Hall–Kier alpha value is -1.33. The normalized spacial score (nSPS) is 10.9. The highest BCUT2D eigenvalue weighted by Gasteiger charge is 2.11. The summed E-state index contributed by atoms with van der Waals surface area (Å²) in [5.41, 5.74) is 4.53. The van der Waals surface area contributed by atoms with Crippen molar-refractivity contribution >= 4 is 89.8 Å². The Labute approximate surface area is 225 Å². The topological polar surface area (TPSA) is 59.9 Å². The van der Waals surface area contributed by atoms with Crippen LogP contribution in [0.15, 0.2) is 62.6 Å². The molecule has 0 bridgehead atoms. The standard InChI is InChI=1S/C22H15Br2Cl2IN2O3/c1-31-20-8-13(3-5-19(20)27)22(30)29-28-10-12-6-16(23)21(17(24)7-12)32-11-14-2-4-15(25)9-18(14)26/h2-10H,11H2,1H3,(H,29,30)/b28-10+. The SMILES string of the molecule is COc1cc(C(=O)N/N=C/c2cc(Br)c(OCc3ccc(Cl)cc3Cl)c(Br)c2)ccc1I. The zero-order chi connectivity index (χ0) is 23.3. The fourth-order valence-corrected chi connectivity index (χ4v) is 5.08. The fourth-order valence-electron chi connectivity index (χ4n) is 2.61. The van der Waals surface area contributed by atoms with Gasteiger partial charge in [-0.15, -0.1) is 0 Å². The molecule has 0 unspecified atom stereocenters. The largest absolute Gasteiger partial charge is 0.496 e. The third kappa shape index (κ3) is 6.60. The Morgan fingerprint density at radius 3 is 2.50 bits per heavy atom. The average molecular weight is 713 g/mol. The summed E-state index contributed by atoms with van der Waals surface area (Å²) in [5, 5.41) is 5.15. The Kier molecular flexibility index (Phi) is 9.24. The molecule has 0 saturated carbocycles. The second-order valence-corrected chi connectivity index (χ2v) is 10.1. The summed E-state index contributed by atoms with van der Waals surface area (Å²) < 4.78 is 13.5. The van der Waals surface area contributed by atoms with E-state index in [1.165, 1.54) is 6.21 Å². The minimum absolute atomic E-state index is 0.274. The van der Waals surface area contributed by atoms with Crippen LogP contribution in [0.1, 0.15) is 21.5 Å². The van der Waals surface area contributed by atoms with E-state index in [1.54, 1.807) is 31.4 Å². The molecule has 0 aliphatic carbocycles. The van der Waals surface area contributed by atoms with Crippen molar-refractivity contribution in [2.24, 2.45) is 5.10 Å². The van der Waals surface area contributed by atoms with Crippen molar-refractivity contribution in [1.82, 2.24) is 5.43 Å². The molecule has 0 aliphatic heterocycles. The summed E-state index contributed by atoms with van der Waals surface area (Å²) in [7, 11) is 1.56. The smallest absolute Gasteiger partial charge is 0.271 e. The number of benzene rings is 3. The van der Waals surface area contributed by atoms with Crippen LogP contribution in [0.25, 0.3) is 0 Å². The molecule has 1 N–H and O–H groups in total. The molecular formula is C22H15Br2Cl2IN2O3. The van der Waals surface area contributed by atoms with Gasteiger partial charge in [0.1, 0.15) is 18.1 Å². The molecule has 0 spiro atoms. The highest BCUT2D eigenvalue weighted by molar-refractivity contribution is 14.1. The number of nitrogens with zero attached hydrogens (tertiary/aromatic N) is 1. The molecule has 0 radical (unpaired) electrons. The van der Waals surface area contributed by atoms with Gasteiger partial charge < -0.3 is 9.47 Å². The zero-order valence-corrected chi connectivity index (χ0v) is 23.3. The van der Waals surface area contributed by atoms with E-state index in [2.05, 4.69) is 65.0 Å². The van der Waals surface area contributed by atoms with Gasteiger partial charge in [-0.05, 0) is 102 Å².